The van der Waals surface area contributed by atoms with E-state index < -0.39 is 0 Å². The molecule has 12 heavy (non-hydrogen) atoms. The highest BCUT2D eigenvalue weighted by molar-refractivity contribution is 5.87. The Morgan fingerprint density at radius 3 is 2.67 bits per heavy atom. The summed E-state index contributed by atoms with van der Waals surface area (Å²) in [6, 6.07) is 0.318. The van der Waals surface area contributed by atoms with Gasteiger partial charge in [-0.1, -0.05) is 19.4 Å². The van der Waals surface area contributed by atoms with Crippen molar-refractivity contribution < 1.29 is 4.79 Å². The molecule has 0 aliphatic heterocycles. The van der Waals surface area contributed by atoms with Crippen LogP contribution in [0.25, 0.3) is 0 Å². The van der Waals surface area contributed by atoms with Crippen LogP contribution in [-0.2, 0) is 4.79 Å². The van der Waals surface area contributed by atoms with E-state index in [9.17, 15) is 4.79 Å². The van der Waals surface area contributed by atoms with Crippen molar-refractivity contribution in [3.63, 3.8) is 0 Å². The van der Waals surface area contributed by atoms with E-state index >= 15 is 0 Å². The Kier molecular flexibility index (Phi) is 3.32. The first-order valence-electron chi connectivity index (χ1n) is 4.67. The third-order valence-electron chi connectivity index (χ3n) is 2.66. The van der Waals surface area contributed by atoms with Gasteiger partial charge in [-0.15, -0.1) is 0 Å². The van der Waals surface area contributed by atoms with Crippen LogP contribution in [0, 0.1) is 5.92 Å². The molecule has 0 bridgehead atoms. The van der Waals surface area contributed by atoms with Gasteiger partial charge in [0.2, 0.25) is 5.91 Å². The molecule has 2 nitrogen and oxygen atoms in total. The van der Waals surface area contributed by atoms with E-state index in [-0.39, 0.29) is 5.91 Å². The van der Waals surface area contributed by atoms with E-state index in [0.29, 0.717) is 12.0 Å². The zero-order chi connectivity index (χ0) is 8.97. The molecule has 0 aromatic heterocycles. The minimum absolute atomic E-state index is 0.0469. The predicted octanol–water partition coefficient (Wildman–Crippen LogP) is 1.87. The van der Waals surface area contributed by atoms with Crippen LogP contribution in [0.1, 0.15) is 32.6 Å². The first-order chi connectivity index (χ1) is 5.74. The standard InChI is InChI=1S/C10H17NO/c1-3-10(12)11-8(2)9-6-4-5-7-9/h3,8-9H,1,4-7H2,2H3,(H,11,12)/t8-/m1/s1. The molecule has 1 rings (SSSR count). The Labute approximate surface area is 74.0 Å². The number of amides is 1. The molecule has 0 spiro atoms. The quantitative estimate of drug-likeness (QED) is 0.639. The molecule has 2 heteroatoms. The summed E-state index contributed by atoms with van der Waals surface area (Å²) in [5.74, 6) is 0.642. The molecule has 0 saturated heterocycles. The van der Waals surface area contributed by atoms with Gasteiger partial charge in [0, 0.05) is 6.04 Å². The maximum absolute atomic E-state index is 10.9. The molecule has 68 valence electrons. The Hall–Kier alpha value is -0.790. The summed E-state index contributed by atoms with van der Waals surface area (Å²) >= 11 is 0. The smallest absolute Gasteiger partial charge is 0.243 e. The Morgan fingerprint density at radius 2 is 2.17 bits per heavy atom. The Morgan fingerprint density at radius 1 is 1.58 bits per heavy atom. The van der Waals surface area contributed by atoms with Crippen LogP contribution in [-0.4, -0.2) is 11.9 Å². The van der Waals surface area contributed by atoms with Gasteiger partial charge >= 0.3 is 0 Å². The van der Waals surface area contributed by atoms with Crippen LogP contribution in [0.15, 0.2) is 12.7 Å². The van der Waals surface area contributed by atoms with E-state index in [4.69, 9.17) is 0 Å². The fourth-order valence-corrected chi connectivity index (χ4v) is 1.86. The van der Waals surface area contributed by atoms with Crippen LogP contribution in [0.2, 0.25) is 0 Å². The van der Waals surface area contributed by atoms with Crippen molar-refractivity contribution >= 4 is 5.91 Å². The van der Waals surface area contributed by atoms with Gasteiger partial charge in [-0.05, 0) is 31.8 Å². The van der Waals surface area contributed by atoms with Crippen molar-refractivity contribution in [1.29, 1.82) is 0 Å². The number of carbonyl (C=O) groups is 1. The number of nitrogens with one attached hydrogen (secondary N) is 1. The highest BCUT2D eigenvalue weighted by Crippen LogP contribution is 2.27. The second kappa shape index (κ2) is 4.29. The van der Waals surface area contributed by atoms with Gasteiger partial charge in [-0.3, -0.25) is 4.79 Å². The number of hydrogen-bond donors (Lipinski definition) is 1. The minimum Gasteiger partial charge on any atom is -0.350 e. The molecule has 0 aromatic carbocycles. The first kappa shape index (κ1) is 9.30. The average Bonchev–Trinajstić information content (AvgIpc) is 2.56. The largest absolute Gasteiger partial charge is 0.350 e. The van der Waals surface area contributed by atoms with Crippen molar-refractivity contribution in [1.82, 2.24) is 5.32 Å². The molecule has 0 radical (unpaired) electrons. The molecule has 0 heterocycles. The molecule has 1 saturated carbocycles. The Balaban J connectivity index is 2.31. The monoisotopic (exact) mass is 167 g/mol. The summed E-state index contributed by atoms with van der Waals surface area (Å²) in [5, 5.41) is 2.91. The van der Waals surface area contributed by atoms with E-state index in [2.05, 4.69) is 18.8 Å². The molecule has 1 N–H and O–H groups in total. The van der Waals surface area contributed by atoms with E-state index in [1.807, 2.05) is 0 Å². The van der Waals surface area contributed by atoms with Gasteiger partial charge < -0.3 is 5.32 Å². The topological polar surface area (TPSA) is 29.1 Å². The van der Waals surface area contributed by atoms with Gasteiger partial charge in [0.1, 0.15) is 0 Å². The lowest BCUT2D eigenvalue weighted by Gasteiger charge is -2.19. The van der Waals surface area contributed by atoms with E-state index in [1.54, 1.807) is 0 Å². The van der Waals surface area contributed by atoms with Crippen molar-refractivity contribution in [3.8, 4) is 0 Å². The summed E-state index contributed by atoms with van der Waals surface area (Å²) in [7, 11) is 0. The fourth-order valence-electron chi connectivity index (χ4n) is 1.86. The summed E-state index contributed by atoms with van der Waals surface area (Å²) < 4.78 is 0. The molecular formula is C10H17NO. The summed E-state index contributed by atoms with van der Waals surface area (Å²) in [5.41, 5.74) is 0. The SMILES string of the molecule is C=CC(=O)N[C@H](C)C1CCCC1. The van der Waals surface area contributed by atoms with Crippen molar-refractivity contribution in [2.45, 2.75) is 38.6 Å². The summed E-state index contributed by atoms with van der Waals surface area (Å²) in [6.07, 6.45) is 6.50. The van der Waals surface area contributed by atoms with Gasteiger partial charge in [0.15, 0.2) is 0 Å². The summed E-state index contributed by atoms with van der Waals surface area (Å²) in [6.45, 7) is 5.51. The van der Waals surface area contributed by atoms with Gasteiger partial charge in [0.25, 0.3) is 0 Å². The van der Waals surface area contributed by atoms with Gasteiger partial charge in [-0.2, -0.15) is 0 Å². The van der Waals surface area contributed by atoms with Crippen LogP contribution in [0.5, 0.6) is 0 Å². The molecular weight excluding hydrogens is 150 g/mol. The molecule has 0 unspecified atom stereocenters. The third-order valence-corrected chi connectivity index (χ3v) is 2.66. The summed E-state index contributed by atoms with van der Waals surface area (Å²) in [4.78, 5) is 10.9. The van der Waals surface area contributed by atoms with Crippen molar-refractivity contribution in [2.75, 3.05) is 0 Å². The number of hydrogen-bond acceptors (Lipinski definition) is 1. The van der Waals surface area contributed by atoms with Gasteiger partial charge in [-0.25, -0.2) is 0 Å². The maximum Gasteiger partial charge on any atom is 0.243 e. The minimum atomic E-state index is -0.0469. The van der Waals surface area contributed by atoms with Crippen molar-refractivity contribution in [2.24, 2.45) is 5.92 Å². The van der Waals surface area contributed by atoms with E-state index in [0.717, 1.165) is 0 Å². The average molecular weight is 167 g/mol. The fraction of sp³-hybridized carbons (Fsp3) is 0.700. The second-order valence-electron chi connectivity index (χ2n) is 3.55. The highest BCUT2D eigenvalue weighted by atomic mass is 16.1. The maximum atomic E-state index is 10.9. The molecule has 1 fully saturated rings. The van der Waals surface area contributed by atoms with Crippen LogP contribution >= 0.6 is 0 Å². The Bertz CT molecular complexity index is 171. The first-order valence-corrected chi connectivity index (χ1v) is 4.67. The highest BCUT2D eigenvalue weighted by Gasteiger charge is 2.21. The molecule has 1 aliphatic carbocycles. The molecule has 1 amide bonds. The lowest BCUT2D eigenvalue weighted by molar-refractivity contribution is -0.117. The number of rotatable bonds is 3. The van der Waals surface area contributed by atoms with Crippen molar-refractivity contribution in [3.05, 3.63) is 12.7 Å². The number of carbonyl (C=O) groups excluding carboxylic acids is 1. The van der Waals surface area contributed by atoms with E-state index in [1.165, 1.54) is 31.8 Å². The normalized spacial score (nSPS) is 20.4. The van der Waals surface area contributed by atoms with Crippen LogP contribution < -0.4 is 5.32 Å². The second-order valence-corrected chi connectivity index (χ2v) is 3.55. The molecule has 0 aromatic rings. The zero-order valence-electron chi connectivity index (χ0n) is 7.68. The molecule has 1 aliphatic rings. The lowest BCUT2D eigenvalue weighted by atomic mass is 10.00. The lowest BCUT2D eigenvalue weighted by Crippen LogP contribution is -2.35. The van der Waals surface area contributed by atoms with Crippen LogP contribution in [0.4, 0.5) is 0 Å². The zero-order valence-corrected chi connectivity index (χ0v) is 7.68. The van der Waals surface area contributed by atoms with Crippen LogP contribution in [0.3, 0.4) is 0 Å². The third kappa shape index (κ3) is 2.36. The molecule has 1 atom stereocenters. The van der Waals surface area contributed by atoms with Gasteiger partial charge in [0.05, 0.1) is 0 Å². The predicted molar refractivity (Wildman–Crippen MR) is 49.8 cm³/mol.